The predicted molar refractivity (Wildman–Crippen MR) is 151 cm³/mol. The first kappa shape index (κ1) is 25.8. The minimum atomic E-state index is -0.394. The molecule has 5 rings (SSSR count). The van der Waals surface area contributed by atoms with Gasteiger partial charge in [-0.2, -0.15) is 0 Å². The number of hydrogen-bond donors (Lipinski definition) is 1. The van der Waals surface area contributed by atoms with Crippen LogP contribution >= 0.6 is 22.9 Å². The molecule has 0 atom stereocenters. The van der Waals surface area contributed by atoms with E-state index in [1.54, 1.807) is 6.07 Å². The Morgan fingerprint density at radius 1 is 1.11 bits per heavy atom. The second kappa shape index (κ2) is 10.9. The van der Waals surface area contributed by atoms with Gasteiger partial charge >= 0.3 is 0 Å². The summed E-state index contributed by atoms with van der Waals surface area (Å²) < 4.78 is 15.3. The molecule has 1 aliphatic carbocycles. The highest BCUT2D eigenvalue weighted by Crippen LogP contribution is 2.39. The van der Waals surface area contributed by atoms with Crippen molar-refractivity contribution in [3.63, 3.8) is 0 Å². The van der Waals surface area contributed by atoms with Crippen LogP contribution in [0.3, 0.4) is 0 Å². The maximum atomic E-state index is 14.6. The van der Waals surface area contributed by atoms with Gasteiger partial charge in [-0.1, -0.05) is 35.9 Å². The maximum absolute atomic E-state index is 14.6. The van der Waals surface area contributed by atoms with E-state index in [4.69, 9.17) is 11.6 Å². The van der Waals surface area contributed by atoms with Crippen LogP contribution in [0.5, 0.6) is 0 Å². The van der Waals surface area contributed by atoms with Gasteiger partial charge < -0.3 is 10.2 Å². The van der Waals surface area contributed by atoms with Crippen molar-refractivity contribution in [3.8, 4) is 11.1 Å². The molecule has 192 valence electrons. The number of nitrogens with zero attached hydrogens (tertiary/aromatic N) is 2. The van der Waals surface area contributed by atoms with Gasteiger partial charge in [0.15, 0.2) is 0 Å². The van der Waals surface area contributed by atoms with Gasteiger partial charge in [-0.05, 0) is 87.5 Å². The first-order valence-electron chi connectivity index (χ1n) is 12.7. The summed E-state index contributed by atoms with van der Waals surface area (Å²) in [6.45, 7) is 4.52. The minimum absolute atomic E-state index is 0.0901. The average molecular weight is 536 g/mol. The smallest absolute Gasteiger partial charge is 0.266 e. The van der Waals surface area contributed by atoms with E-state index in [9.17, 15) is 9.18 Å². The lowest BCUT2D eigenvalue weighted by Crippen LogP contribution is -2.44. The highest BCUT2D eigenvalue weighted by molar-refractivity contribution is 7.21. The molecule has 4 nitrogen and oxygen atoms in total. The summed E-state index contributed by atoms with van der Waals surface area (Å²) >= 11 is 7.92. The molecular formula is C30H31ClFN3OS. The van der Waals surface area contributed by atoms with Gasteiger partial charge in [0.1, 0.15) is 10.7 Å². The largest absolute Gasteiger partial charge is 0.331 e. The Morgan fingerprint density at radius 3 is 2.54 bits per heavy atom. The number of benzene rings is 2. The zero-order valence-corrected chi connectivity index (χ0v) is 22.9. The molecule has 1 aliphatic rings. The third-order valence-electron chi connectivity index (χ3n) is 7.54. The summed E-state index contributed by atoms with van der Waals surface area (Å²) in [5, 5.41) is 3.93. The fourth-order valence-corrected chi connectivity index (χ4v) is 6.73. The molecule has 2 aromatic heterocycles. The number of rotatable bonds is 6. The van der Waals surface area contributed by atoms with E-state index in [1.807, 2.05) is 37.2 Å². The van der Waals surface area contributed by atoms with Crippen LogP contribution in [0.4, 0.5) is 4.39 Å². The molecule has 0 radical (unpaired) electrons. The van der Waals surface area contributed by atoms with E-state index in [1.165, 1.54) is 17.4 Å². The Morgan fingerprint density at radius 2 is 1.86 bits per heavy atom. The van der Waals surface area contributed by atoms with E-state index in [2.05, 4.69) is 41.5 Å². The zero-order chi connectivity index (χ0) is 26.1. The van der Waals surface area contributed by atoms with Crippen molar-refractivity contribution in [1.29, 1.82) is 0 Å². The van der Waals surface area contributed by atoms with Gasteiger partial charge in [-0.15, -0.1) is 11.3 Å². The molecule has 0 bridgehead atoms. The Hall–Kier alpha value is -2.80. The highest BCUT2D eigenvalue weighted by Gasteiger charge is 2.32. The molecule has 1 N–H and O–H groups in total. The Labute approximate surface area is 226 Å². The van der Waals surface area contributed by atoms with Gasteiger partial charge in [0.05, 0.1) is 5.02 Å². The SMILES string of the molecule is CN[C@H]1CC[C@H](N(Cc2cc(-c3ccc(C)nc3)ccc2C)C(=O)c2sc3cccc(F)c3c2Cl)CC1. The highest BCUT2D eigenvalue weighted by atomic mass is 35.5. The molecule has 37 heavy (non-hydrogen) atoms. The van der Waals surface area contributed by atoms with Gasteiger partial charge in [0.2, 0.25) is 0 Å². The second-order valence-electron chi connectivity index (χ2n) is 9.91. The summed E-state index contributed by atoms with van der Waals surface area (Å²) in [6.07, 6.45) is 5.72. The van der Waals surface area contributed by atoms with Gasteiger partial charge in [0.25, 0.3) is 5.91 Å². The van der Waals surface area contributed by atoms with Crippen molar-refractivity contribution >= 4 is 38.9 Å². The molecule has 1 amide bonds. The molecule has 1 saturated carbocycles. The molecule has 1 fully saturated rings. The van der Waals surface area contributed by atoms with Crippen molar-refractivity contribution in [2.45, 2.75) is 58.2 Å². The van der Waals surface area contributed by atoms with E-state index < -0.39 is 5.82 Å². The number of hydrogen-bond acceptors (Lipinski definition) is 4. The van der Waals surface area contributed by atoms with E-state index in [-0.39, 0.29) is 17.0 Å². The number of nitrogens with one attached hydrogen (secondary N) is 1. The Kier molecular flexibility index (Phi) is 7.61. The van der Waals surface area contributed by atoms with Crippen molar-refractivity contribution in [1.82, 2.24) is 15.2 Å². The molecule has 0 unspecified atom stereocenters. The molecule has 2 aromatic carbocycles. The van der Waals surface area contributed by atoms with Crippen molar-refractivity contribution in [2.24, 2.45) is 0 Å². The van der Waals surface area contributed by atoms with E-state index in [0.717, 1.165) is 53.6 Å². The van der Waals surface area contributed by atoms with Crippen LogP contribution in [-0.4, -0.2) is 34.9 Å². The molecule has 4 aromatic rings. The van der Waals surface area contributed by atoms with Crippen molar-refractivity contribution < 1.29 is 9.18 Å². The molecule has 7 heteroatoms. The number of amides is 1. The van der Waals surface area contributed by atoms with Crippen LogP contribution < -0.4 is 5.32 Å². The summed E-state index contributed by atoms with van der Waals surface area (Å²) in [7, 11) is 1.99. The number of aromatic nitrogens is 1. The standard InChI is InChI=1S/C30H31ClFN3OS/c1-18-7-9-20(21-10-8-19(2)34-16-21)15-22(18)17-35(24-13-11-23(33-3)12-14-24)30(36)29-28(31)27-25(32)5-4-6-26(27)37-29/h4-10,15-16,23-24,33H,11-14,17H2,1-3H3/t23-,24-. The number of aryl methyl sites for hydroxylation is 2. The third kappa shape index (κ3) is 5.28. The van der Waals surface area contributed by atoms with Gasteiger partial charge in [0, 0.05) is 46.2 Å². The van der Waals surface area contributed by atoms with Crippen molar-refractivity contribution in [2.75, 3.05) is 7.05 Å². The van der Waals surface area contributed by atoms with Crippen molar-refractivity contribution in [3.05, 3.63) is 87.3 Å². The molecule has 2 heterocycles. The number of carbonyl (C=O) groups is 1. The summed E-state index contributed by atoms with van der Waals surface area (Å²) in [5.74, 6) is -0.519. The maximum Gasteiger partial charge on any atom is 0.266 e. The second-order valence-corrected chi connectivity index (χ2v) is 11.3. The Bertz CT molecular complexity index is 1430. The lowest BCUT2D eigenvalue weighted by Gasteiger charge is -2.37. The number of thiophene rings is 1. The van der Waals surface area contributed by atoms with Crippen LogP contribution in [0.2, 0.25) is 5.02 Å². The first-order chi connectivity index (χ1) is 17.9. The summed E-state index contributed by atoms with van der Waals surface area (Å²) in [4.78, 5) is 20.9. The predicted octanol–water partition coefficient (Wildman–Crippen LogP) is 7.55. The quantitative estimate of drug-likeness (QED) is 0.277. The van der Waals surface area contributed by atoms with E-state index >= 15 is 0 Å². The number of pyridine rings is 1. The summed E-state index contributed by atoms with van der Waals surface area (Å²) in [6, 6.07) is 15.9. The lowest BCUT2D eigenvalue weighted by atomic mass is 9.89. The van der Waals surface area contributed by atoms with Crippen LogP contribution in [0.25, 0.3) is 21.2 Å². The van der Waals surface area contributed by atoms with Crippen LogP contribution in [0.15, 0.2) is 54.7 Å². The summed E-state index contributed by atoms with van der Waals surface area (Å²) in [5.41, 5.74) is 5.30. The van der Waals surface area contributed by atoms with E-state index in [0.29, 0.717) is 27.5 Å². The fourth-order valence-electron chi connectivity index (χ4n) is 5.23. The zero-order valence-electron chi connectivity index (χ0n) is 21.4. The number of carbonyl (C=O) groups excluding carboxylic acids is 1. The van der Waals surface area contributed by atoms with Crippen LogP contribution in [0, 0.1) is 19.7 Å². The Balaban J connectivity index is 1.52. The monoisotopic (exact) mass is 535 g/mol. The van der Waals surface area contributed by atoms with Crippen LogP contribution in [0.1, 0.15) is 52.2 Å². The van der Waals surface area contributed by atoms with Gasteiger partial charge in [-0.25, -0.2) is 4.39 Å². The lowest BCUT2D eigenvalue weighted by molar-refractivity contribution is 0.0606. The minimum Gasteiger partial charge on any atom is -0.331 e. The molecule has 0 spiro atoms. The molecule has 0 aliphatic heterocycles. The fraction of sp³-hybridized carbons (Fsp3) is 0.333. The number of halogens is 2. The number of fused-ring (bicyclic) bond motifs is 1. The topological polar surface area (TPSA) is 45.2 Å². The normalized spacial score (nSPS) is 17.8. The average Bonchev–Trinajstić information content (AvgIpc) is 3.26. The van der Waals surface area contributed by atoms with Crippen LogP contribution in [-0.2, 0) is 6.54 Å². The third-order valence-corrected chi connectivity index (χ3v) is 9.17. The molecule has 0 saturated heterocycles. The first-order valence-corrected chi connectivity index (χ1v) is 13.9. The van der Waals surface area contributed by atoms with Gasteiger partial charge in [-0.3, -0.25) is 9.78 Å². The molecular weight excluding hydrogens is 505 g/mol.